The molecule has 0 atom stereocenters. The lowest BCUT2D eigenvalue weighted by atomic mass is 10.0. The predicted octanol–water partition coefficient (Wildman–Crippen LogP) is 5.76. The molecule has 42 heavy (non-hydrogen) atoms. The van der Waals surface area contributed by atoms with Crippen LogP contribution in [0.25, 0.3) is 0 Å². The Morgan fingerprint density at radius 1 is 0.857 bits per heavy atom. The smallest absolute Gasteiger partial charge is 0.254 e. The zero-order valence-corrected chi connectivity index (χ0v) is 25.0. The first-order valence-corrected chi connectivity index (χ1v) is 15.7. The molecule has 2 aromatic carbocycles. The van der Waals surface area contributed by atoms with Crippen LogP contribution >= 0.6 is 0 Å². The molecule has 0 spiro atoms. The van der Waals surface area contributed by atoms with E-state index >= 15 is 0 Å². The Hall–Kier alpha value is -3.65. The van der Waals surface area contributed by atoms with Crippen LogP contribution in [-0.2, 0) is 17.9 Å². The number of ether oxygens (including phenoxy) is 1. The Labute approximate surface area is 250 Å². The van der Waals surface area contributed by atoms with Crippen molar-refractivity contribution >= 4 is 17.5 Å². The number of anilines is 1. The highest BCUT2D eigenvalue weighted by Crippen LogP contribution is 2.27. The average Bonchev–Trinajstić information content (AvgIpc) is 3.51. The topological polar surface area (TPSA) is 70.9 Å². The lowest BCUT2D eigenvalue weighted by Crippen LogP contribution is -2.35. The molecule has 1 saturated heterocycles. The summed E-state index contributed by atoms with van der Waals surface area (Å²) in [6.45, 7) is 7.99. The zero-order chi connectivity index (χ0) is 29.1. The molecule has 5 rings (SSSR count). The van der Waals surface area contributed by atoms with Gasteiger partial charge in [-0.3, -0.25) is 19.2 Å². The maximum Gasteiger partial charge on any atom is 0.254 e. The van der Waals surface area contributed by atoms with Crippen molar-refractivity contribution < 1.29 is 14.3 Å². The van der Waals surface area contributed by atoms with E-state index < -0.39 is 0 Å². The molecule has 8 heteroatoms. The normalized spacial score (nSPS) is 17.2. The number of fused-ring (bicyclic) bond motifs is 1. The fourth-order valence-corrected chi connectivity index (χ4v) is 6.03. The van der Waals surface area contributed by atoms with Crippen molar-refractivity contribution in [2.75, 3.05) is 44.2 Å². The van der Waals surface area contributed by atoms with Crippen molar-refractivity contribution in [2.24, 2.45) is 0 Å². The van der Waals surface area contributed by atoms with Crippen LogP contribution in [0.4, 0.5) is 5.69 Å². The van der Waals surface area contributed by atoms with Crippen molar-refractivity contribution in [1.29, 1.82) is 0 Å². The molecular formula is C34H45N5O3. The van der Waals surface area contributed by atoms with E-state index in [-0.39, 0.29) is 11.8 Å². The van der Waals surface area contributed by atoms with Gasteiger partial charge in [-0.15, -0.1) is 0 Å². The molecule has 0 saturated carbocycles. The maximum atomic E-state index is 13.8. The molecule has 1 fully saturated rings. The summed E-state index contributed by atoms with van der Waals surface area (Å²) in [5, 5.41) is 4.35. The summed E-state index contributed by atoms with van der Waals surface area (Å²) in [4.78, 5) is 33.0. The van der Waals surface area contributed by atoms with Crippen LogP contribution < -0.4 is 9.64 Å². The van der Waals surface area contributed by atoms with Crippen LogP contribution in [0.2, 0.25) is 0 Å². The van der Waals surface area contributed by atoms with Gasteiger partial charge in [0.1, 0.15) is 12.4 Å². The van der Waals surface area contributed by atoms with Gasteiger partial charge in [-0.1, -0.05) is 37.8 Å². The SMILES string of the molecule is CC(=O)N1CCCCCCCN(C(=O)c2ccc(OCCN3CCCCC3)cc2)Cc2ccc(Cn3cccn3)cc21. The third-order valence-electron chi connectivity index (χ3n) is 8.41. The van der Waals surface area contributed by atoms with E-state index in [9.17, 15) is 9.59 Å². The minimum Gasteiger partial charge on any atom is -0.492 e. The van der Waals surface area contributed by atoms with Gasteiger partial charge in [-0.2, -0.15) is 5.10 Å². The lowest BCUT2D eigenvalue weighted by molar-refractivity contribution is -0.116. The third kappa shape index (κ3) is 8.22. The molecule has 0 bridgehead atoms. The van der Waals surface area contributed by atoms with E-state index in [1.807, 2.05) is 51.0 Å². The summed E-state index contributed by atoms with van der Waals surface area (Å²) in [6, 6.07) is 15.8. The van der Waals surface area contributed by atoms with Gasteiger partial charge >= 0.3 is 0 Å². The molecule has 1 aromatic heterocycles. The number of piperidine rings is 1. The number of aromatic nitrogens is 2. The maximum absolute atomic E-state index is 13.8. The number of carbonyl (C=O) groups excluding carboxylic acids is 2. The second-order valence-corrected chi connectivity index (χ2v) is 11.6. The first kappa shape index (κ1) is 29.8. The van der Waals surface area contributed by atoms with E-state index in [1.165, 1.54) is 19.3 Å². The highest BCUT2D eigenvalue weighted by molar-refractivity contribution is 5.95. The predicted molar refractivity (Wildman–Crippen MR) is 166 cm³/mol. The van der Waals surface area contributed by atoms with Gasteiger partial charge in [-0.25, -0.2) is 0 Å². The molecule has 3 heterocycles. The van der Waals surface area contributed by atoms with Gasteiger partial charge in [0.25, 0.3) is 5.91 Å². The second-order valence-electron chi connectivity index (χ2n) is 11.6. The van der Waals surface area contributed by atoms with E-state index in [4.69, 9.17) is 4.74 Å². The van der Waals surface area contributed by atoms with Gasteiger partial charge in [0.15, 0.2) is 0 Å². The highest BCUT2D eigenvalue weighted by atomic mass is 16.5. The van der Waals surface area contributed by atoms with Crippen LogP contribution in [0, 0.1) is 0 Å². The number of rotatable bonds is 7. The summed E-state index contributed by atoms with van der Waals surface area (Å²) in [5.74, 6) is 0.829. The van der Waals surface area contributed by atoms with Crippen molar-refractivity contribution in [3.8, 4) is 5.75 Å². The number of hydrogen-bond acceptors (Lipinski definition) is 5. The fraction of sp³-hybridized carbons (Fsp3) is 0.500. The molecule has 3 aromatic rings. The van der Waals surface area contributed by atoms with E-state index in [0.717, 1.165) is 74.3 Å². The standard InChI is InChI=1S/C34H45N5O3/c1-28(40)39-22-9-4-2-3-8-20-37(27-31-12-11-29(25-33(31)39)26-38-21-10-17-35-38)34(41)30-13-15-32(16-14-30)42-24-23-36-18-6-5-7-19-36/h10-17,21,25H,2-9,18-20,22-24,26-27H2,1H3. The summed E-state index contributed by atoms with van der Waals surface area (Å²) >= 11 is 0. The molecule has 2 aliphatic heterocycles. The summed E-state index contributed by atoms with van der Waals surface area (Å²) in [7, 11) is 0. The van der Waals surface area contributed by atoms with E-state index in [1.54, 1.807) is 13.1 Å². The monoisotopic (exact) mass is 571 g/mol. The zero-order valence-electron chi connectivity index (χ0n) is 25.0. The van der Waals surface area contributed by atoms with Gasteiger partial charge in [0.05, 0.1) is 6.54 Å². The Morgan fingerprint density at radius 3 is 2.31 bits per heavy atom. The molecular weight excluding hydrogens is 526 g/mol. The largest absolute Gasteiger partial charge is 0.492 e. The van der Waals surface area contributed by atoms with Crippen LogP contribution in [-0.4, -0.2) is 70.7 Å². The van der Waals surface area contributed by atoms with Gasteiger partial charge < -0.3 is 14.5 Å². The molecule has 2 aliphatic rings. The van der Waals surface area contributed by atoms with Crippen molar-refractivity contribution in [3.05, 3.63) is 77.6 Å². The van der Waals surface area contributed by atoms with Crippen LogP contribution in [0.3, 0.4) is 0 Å². The number of amides is 2. The molecule has 224 valence electrons. The van der Waals surface area contributed by atoms with Gasteiger partial charge in [0.2, 0.25) is 5.91 Å². The number of nitrogens with zero attached hydrogens (tertiary/aromatic N) is 5. The Bertz CT molecular complexity index is 1290. The van der Waals surface area contributed by atoms with Gasteiger partial charge in [0, 0.05) is 56.7 Å². The van der Waals surface area contributed by atoms with Crippen molar-refractivity contribution in [3.63, 3.8) is 0 Å². The lowest BCUT2D eigenvalue weighted by Gasteiger charge is -2.29. The number of carbonyl (C=O) groups is 2. The molecule has 8 nitrogen and oxygen atoms in total. The van der Waals surface area contributed by atoms with Crippen LogP contribution in [0.1, 0.15) is 79.8 Å². The number of hydrogen-bond donors (Lipinski definition) is 0. The Kier molecular flexibility index (Phi) is 10.7. The van der Waals surface area contributed by atoms with Crippen molar-refractivity contribution in [2.45, 2.75) is 71.4 Å². The average molecular weight is 572 g/mol. The molecule has 2 amide bonds. The first-order valence-electron chi connectivity index (χ1n) is 15.7. The molecule has 0 radical (unpaired) electrons. The van der Waals surface area contributed by atoms with Gasteiger partial charge in [-0.05, 0) is 86.3 Å². The Balaban J connectivity index is 1.32. The minimum atomic E-state index is 0.00729. The van der Waals surface area contributed by atoms with Crippen molar-refractivity contribution in [1.82, 2.24) is 19.6 Å². The number of likely N-dealkylation sites (tertiary alicyclic amines) is 1. The fourth-order valence-electron chi connectivity index (χ4n) is 6.03. The quantitative estimate of drug-likeness (QED) is 0.361. The summed E-state index contributed by atoms with van der Waals surface area (Å²) in [6.07, 6.45) is 12.8. The minimum absolute atomic E-state index is 0.00729. The highest BCUT2D eigenvalue weighted by Gasteiger charge is 2.22. The van der Waals surface area contributed by atoms with Crippen LogP contribution in [0.5, 0.6) is 5.75 Å². The van der Waals surface area contributed by atoms with E-state index in [2.05, 4.69) is 28.2 Å². The summed E-state index contributed by atoms with van der Waals surface area (Å²) < 4.78 is 7.88. The number of benzene rings is 2. The van der Waals surface area contributed by atoms with Crippen LogP contribution in [0.15, 0.2) is 60.9 Å². The molecule has 0 unspecified atom stereocenters. The third-order valence-corrected chi connectivity index (χ3v) is 8.41. The van der Waals surface area contributed by atoms with E-state index in [0.29, 0.717) is 38.3 Å². The molecule has 0 aliphatic carbocycles. The first-order chi connectivity index (χ1) is 20.6. The molecule has 0 N–H and O–H groups in total. The Morgan fingerprint density at radius 2 is 1.57 bits per heavy atom. The second kappa shape index (κ2) is 15.0. The summed E-state index contributed by atoms with van der Waals surface area (Å²) in [5.41, 5.74) is 3.61.